The number of aromatic amines is 1. The van der Waals surface area contributed by atoms with Gasteiger partial charge in [0, 0.05) is 24.1 Å². The third kappa shape index (κ3) is 3.04. The van der Waals surface area contributed by atoms with Gasteiger partial charge in [0.05, 0.1) is 39.8 Å². The van der Waals surface area contributed by atoms with E-state index in [0.29, 0.717) is 48.1 Å². The van der Waals surface area contributed by atoms with Gasteiger partial charge in [-0.05, 0) is 18.2 Å². The maximum Gasteiger partial charge on any atom is 0.272 e. The number of aromatic nitrogens is 3. The molecule has 0 atom stereocenters. The van der Waals surface area contributed by atoms with Crippen LogP contribution in [0.1, 0.15) is 21.8 Å². The molecular weight excluding hydrogens is 364 g/mol. The number of amides is 1. The number of hydrogen-bond donors (Lipinski definition) is 1. The zero-order valence-electron chi connectivity index (χ0n) is 15.8. The van der Waals surface area contributed by atoms with Crippen molar-refractivity contribution < 1.29 is 23.5 Å². The Labute approximate surface area is 161 Å². The summed E-state index contributed by atoms with van der Waals surface area (Å²) in [6.07, 6.45) is 2.30. The minimum atomic E-state index is -0.127. The summed E-state index contributed by atoms with van der Waals surface area (Å²) in [5.74, 6) is 2.25. The summed E-state index contributed by atoms with van der Waals surface area (Å²) in [6, 6.07) is 5.29. The number of carbonyl (C=O) groups excluding carboxylic acids is 1. The largest absolute Gasteiger partial charge is 0.493 e. The lowest BCUT2D eigenvalue weighted by Crippen LogP contribution is -2.35. The SMILES string of the molecule is COc1cc(-c2cc(C(=O)N3CCc4oncc4C3)[nH]n2)cc(OC)c1OC. The number of benzene rings is 1. The monoisotopic (exact) mass is 384 g/mol. The molecule has 0 bridgehead atoms. The molecule has 0 saturated heterocycles. The first-order valence-corrected chi connectivity index (χ1v) is 8.72. The smallest absolute Gasteiger partial charge is 0.272 e. The highest BCUT2D eigenvalue weighted by Crippen LogP contribution is 2.40. The molecule has 1 N–H and O–H groups in total. The third-order valence-electron chi connectivity index (χ3n) is 4.76. The standard InChI is InChI=1S/C19H20N4O5/c1-25-16-6-11(7-17(26-2)18(16)27-3)13-8-14(22-21-13)19(24)23-5-4-15-12(10-23)9-20-28-15/h6-9H,4-5,10H2,1-3H3,(H,21,22). The topological polar surface area (TPSA) is 103 Å². The molecule has 0 saturated carbocycles. The van der Waals surface area contributed by atoms with E-state index in [-0.39, 0.29) is 5.91 Å². The van der Waals surface area contributed by atoms with E-state index >= 15 is 0 Å². The quantitative estimate of drug-likeness (QED) is 0.720. The second-order valence-electron chi connectivity index (χ2n) is 6.33. The first kappa shape index (κ1) is 17.9. The minimum Gasteiger partial charge on any atom is -0.493 e. The van der Waals surface area contributed by atoms with Crippen LogP contribution in [0.4, 0.5) is 0 Å². The maximum absolute atomic E-state index is 12.9. The lowest BCUT2D eigenvalue weighted by molar-refractivity contribution is 0.0723. The molecule has 0 fully saturated rings. The van der Waals surface area contributed by atoms with Crippen LogP contribution in [0.3, 0.4) is 0 Å². The molecule has 1 aliphatic heterocycles. The second-order valence-corrected chi connectivity index (χ2v) is 6.33. The molecule has 9 heteroatoms. The number of rotatable bonds is 5. The molecule has 4 rings (SSSR count). The Morgan fingerprint density at radius 2 is 1.89 bits per heavy atom. The van der Waals surface area contributed by atoms with Gasteiger partial charge in [0.2, 0.25) is 5.75 Å². The van der Waals surface area contributed by atoms with Gasteiger partial charge in [-0.1, -0.05) is 5.16 Å². The highest BCUT2D eigenvalue weighted by Gasteiger charge is 2.26. The third-order valence-corrected chi connectivity index (χ3v) is 4.76. The van der Waals surface area contributed by atoms with Crippen molar-refractivity contribution in [1.82, 2.24) is 20.3 Å². The van der Waals surface area contributed by atoms with Crippen LogP contribution in [-0.4, -0.2) is 54.0 Å². The molecule has 28 heavy (non-hydrogen) atoms. The molecule has 146 valence electrons. The number of nitrogens with zero attached hydrogens (tertiary/aromatic N) is 3. The molecule has 1 aliphatic rings. The van der Waals surface area contributed by atoms with Crippen molar-refractivity contribution in [3.05, 3.63) is 41.4 Å². The normalized spacial score (nSPS) is 13.2. The Morgan fingerprint density at radius 3 is 2.57 bits per heavy atom. The zero-order chi connectivity index (χ0) is 19.7. The number of ether oxygens (including phenoxy) is 3. The average molecular weight is 384 g/mol. The van der Waals surface area contributed by atoms with Crippen molar-refractivity contribution in [3.63, 3.8) is 0 Å². The first-order valence-electron chi connectivity index (χ1n) is 8.72. The van der Waals surface area contributed by atoms with Gasteiger partial charge in [-0.2, -0.15) is 5.10 Å². The van der Waals surface area contributed by atoms with E-state index in [2.05, 4.69) is 15.4 Å². The summed E-state index contributed by atoms with van der Waals surface area (Å²) in [7, 11) is 4.65. The Balaban J connectivity index is 1.60. The number of nitrogens with one attached hydrogen (secondary N) is 1. The van der Waals surface area contributed by atoms with Gasteiger partial charge >= 0.3 is 0 Å². The molecule has 2 aromatic heterocycles. The van der Waals surface area contributed by atoms with Gasteiger partial charge in [-0.25, -0.2) is 0 Å². The van der Waals surface area contributed by atoms with Gasteiger partial charge in [0.25, 0.3) is 5.91 Å². The first-order chi connectivity index (χ1) is 13.6. The Kier molecular flexibility index (Phi) is 4.64. The molecule has 0 aliphatic carbocycles. The van der Waals surface area contributed by atoms with Gasteiger partial charge in [0.1, 0.15) is 11.5 Å². The van der Waals surface area contributed by atoms with E-state index in [1.54, 1.807) is 50.6 Å². The Bertz CT molecular complexity index is 984. The molecule has 0 unspecified atom stereocenters. The van der Waals surface area contributed by atoms with Crippen molar-refractivity contribution in [2.75, 3.05) is 27.9 Å². The highest BCUT2D eigenvalue weighted by molar-refractivity contribution is 5.93. The predicted molar refractivity (Wildman–Crippen MR) is 98.6 cm³/mol. The number of hydrogen-bond acceptors (Lipinski definition) is 7. The van der Waals surface area contributed by atoms with Crippen LogP contribution in [0.2, 0.25) is 0 Å². The van der Waals surface area contributed by atoms with Gasteiger partial charge in [-0.3, -0.25) is 9.89 Å². The fourth-order valence-electron chi connectivity index (χ4n) is 3.29. The number of H-pyrrole nitrogens is 1. The van der Waals surface area contributed by atoms with Crippen LogP contribution >= 0.6 is 0 Å². The molecule has 1 amide bonds. The summed E-state index contributed by atoms with van der Waals surface area (Å²) in [5, 5.41) is 10.9. The summed E-state index contributed by atoms with van der Waals surface area (Å²) < 4.78 is 21.3. The van der Waals surface area contributed by atoms with Crippen LogP contribution in [0.5, 0.6) is 17.2 Å². The van der Waals surface area contributed by atoms with E-state index in [1.807, 2.05) is 0 Å². The van der Waals surface area contributed by atoms with Crippen molar-refractivity contribution in [1.29, 1.82) is 0 Å². The molecular formula is C19H20N4O5. The fourth-order valence-corrected chi connectivity index (χ4v) is 3.29. The van der Waals surface area contributed by atoms with Crippen molar-refractivity contribution >= 4 is 5.91 Å². The van der Waals surface area contributed by atoms with E-state index in [0.717, 1.165) is 16.9 Å². The van der Waals surface area contributed by atoms with E-state index in [4.69, 9.17) is 18.7 Å². The van der Waals surface area contributed by atoms with Crippen molar-refractivity contribution in [2.24, 2.45) is 0 Å². The summed E-state index contributed by atoms with van der Waals surface area (Å²) in [4.78, 5) is 14.6. The van der Waals surface area contributed by atoms with E-state index in [9.17, 15) is 4.79 Å². The van der Waals surface area contributed by atoms with Gasteiger partial charge in [0.15, 0.2) is 11.5 Å². The number of carbonyl (C=O) groups is 1. The van der Waals surface area contributed by atoms with Crippen LogP contribution in [0.15, 0.2) is 28.9 Å². The molecule has 0 radical (unpaired) electrons. The minimum absolute atomic E-state index is 0.127. The lowest BCUT2D eigenvalue weighted by atomic mass is 10.1. The zero-order valence-corrected chi connectivity index (χ0v) is 15.8. The summed E-state index contributed by atoms with van der Waals surface area (Å²) in [5.41, 5.74) is 2.68. The van der Waals surface area contributed by atoms with Crippen molar-refractivity contribution in [2.45, 2.75) is 13.0 Å². The summed E-state index contributed by atoms with van der Waals surface area (Å²) >= 11 is 0. The molecule has 0 spiro atoms. The van der Waals surface area contributed by atoms with E-state index in [1.165, 1.54) is 0 Å². The fraction of sp³-hybridized carbons (Fsp3) is 0.316. The van der Waals surface area contributed by atoms with Crippen LogP contribution in [-0.2, 0) is 13.0 Å². The van der Waals surface area contributed by atoms with Crippen molar-refractivity contribution in [3.8, 4) is 28.5 Å². The predicted octanol–water partition coefficient (Wildman–Crippen LogP) is 2.29. The Hall–Kier alpha value is -3.49. The number of methoxy groups -OCH3 is 3. The molecule has 9 nitrogen and oxygen atoms in total. The molecule has 3 heterocycles. The molecule has 3 aromatic rings. The number of fused-ring (bicyclic) bond motifs is 1. The van der Waals surface area contributed by atoms with Gasteiger partial charge in [-0.15, -0.1) is 0 Å². The maximum atomic E-state index is 12.9. The van der Waals surface area contributed by atoms with E-state index < -0.39 is 0 Å². The summed E-state index contributed by atoms with van der Waals surface area (Å²) in [6.45, 7) is 1.04. The average Bonchev–Trinajstić information content (AvgIpc) is 3.41. The van der Waals surface area contributed by atoms with Crippen LogP contribution in [0, 0.1) is 0 Å². The lowest BCUT2D eigenvalue weighted by Gasteiger charge is -2.24. The van der Waals surface area contributed by atoms with Crippen LogP contribution < -0.4 is 14.2 Å². The second kappa shape index (κ2) is 7.26. The molecule has 1 aromatic carbocycles. The Morgan fingerprint density at radius 1 is 1.14 bits per heavy atom. The highest BCUT2D eigenvalue weighted by atomic mass is 16.5. The van der Waals surface area contributed by atoms with Crippen LogP contribution in [0.25, 0.3) is 11.3 Å². The van der Waals surface area contributed by atoms with Gasteiger partial charge < -0.3 is 23.6 Å².